The molecule has 1 unspecified atom stereocenters. The summed E-state index contributed by atoms with van der Waals surface area (Å²) < 4.78 is 7.30. The molecule has 0 bridgehead atoms. The van der Waals surface area contributed by atoms with Crippen molar-refractivity contribution >= 4 is 0 Å². The van der Waals surface area contributed by atoms with Crippen molar-refractivity contribution in [2.75, 3.05) is 0 Å². The zero-order valence-corrected chi connectivity index (χ0v) is 11.9. The van der Waals surface area contributed by atoms with Crippen LogP contribution in [0.25, 0.3) is 0 Å². The fourth-order valence-electron chi connectivity index (χ4n) is 2.21. The average Bonchev–Trinajstić information content (AvgIpc) is 2.85. The molecule has 2 rings (SSSR count). The molecule has 2 aromatic rings. The van der Waals surface area contributed by atoms with Gasteiger partial charge in [0, 0.05) is 18.5 Å². The number of hydrogen-bond acceptors (Lipinski definition) is 4. The Kier molecular flexibility index (Phi) is 4.04. The summed E-state index contributed by atoms with van der Waals surface area (Å²) in [6, 6.07) is 1.88. The summed E-state index contributed by atoms with van der Waals surface area (Å²) >= 11 is 0. The first-order chi connectivity index (χ1) is 8.97. The van der Waals surface area contributed by atoms with Gasteiger partial charge in [0.25, 0.3) is 0 Å². The smallest absolute Gasteiger partial charge is 0.138 e. The van der Waals surface area contributed by atoms with Gasteiger partial charge in [-0.25, -0.2) is 9.67 Å². The largest absolute Gasteiger partial charge is 0.466 e. The highest BCUT2D eigenvalue weighted by atomic mass is 16.3. The van der Waals surface area contributed by atoms with Gasteiger partial charge in [-0.2, -0.15) is 5.10 Å². The Labute approximate surface area is 113 Å². The van der Waals surface area contributed by atoms with Crippen LogP contribution in [-0.2, 0) is 13.0 Å². The molecular weight excluding hydrogens is 242 g/mol. The Balaban J connectivity index is 2.13. The monoisotopic (exact) mass is 263 g/mol. The summed E-state index contributed by atoms with van der Waals surface area (Å²) in [6.45, 7) is 8.82. The van der Waals surface area contributed by atoms with E-state index in [-0.39, 0.29) is 0 Å². The zero-order valence-electron chi connectivity index (χ0n) is 11.9. The summed E-state index contributed by atoms with van der Waals surface area (Å²) in [6.07, 6.45) is 1.39. The second kappa shape index (κ2) is 5.57. The first-order valence-electron chi connectivity index (χ1n) is 6.59. The highest BCUT2D eigenvalue weighted by molar-refractivity contribution is 5.23. The minimum Gasteiger partial charge on any atom is -0.466 e. The molecular formula is C14H21N3O2. The van der Waals surface area contributed by atoms with Crippen LogP contribution in [-0.4, -0.2) is 19.9 Å². The molecule has 0 aliphatic rings. The number of aromatic nitrogens is 3. The molecule has 0 saturated heterocycles. The van der Waals surface area contributed by atoms with Crippen LogP contribution in [0.2, 0.25) is 0 Å². The summed E-state index contributed by atoms with van der Waals surface area (Å²) in [5, 5.41) is 14.5. The topological polar surface area (TPSA) is 64.1 Å². The Morgan fingerprint density at radius 3 is 2.68 bits per heavy atom. The molecule has 104 valence electrons. The molecule has 0 aliphatic carbocycles. The SMILES string of the molecule is Cc1cc(C(O)Cc2ncnn2CC(C)C)c(C)o1. The van der Waals surface area contributed by atoms with Gasteiger partial charge in [0.05, 0.1) is 6.10 Å². The average molecular weight is 263 g/mol. The highest BCUT2D eigenvalue weighted by Gasteiger charge is 2.18. The molecule has 19 heavy (non-hydrogen) atoms. The Morgan fingerprint density at radius 2 is 2.11 bits per heavy atom. The third-order valence-electron chi connectivity index (χ3n) is 3.05. The predicted molar refractivity (Wildman–Crippen MR) is 71.7 cm³/mol. The fourth-order valence-corrected chi connectivity index (χ4v) is 2.21. The first kappa shape index (κ1) is 13.8. The van der Waals surface area contributed by atoms with Gasteiger partial charge in [-0.05, 0) is 25.8 Å². The quantitative estimate of drug-likeness (QED) is 0.899. The second-order valence-corrected chi connectivity index (χ2v) is 5.34. The zero-order chi connectivity index (χ0) is 14.0. The lowest BCUT2D eigenvalue weighted by Crippen LogP contribution is -2.13. The number of aliphatic hydroxyl groups excluding tert-OH is 1. The van der Waals surface area contributed by atoms with Crippen LogP contribution >= 0.6 is 0 Å². The molecule has 0 radical (unpaired) electrons. The van der Waals surface area contributed by atoms with Crippen molar-refractivity contribution in [1.29, 1.82) is 0 Å². The van der Waals surface area contributed by atoms with Crippen molar-refractivity contribution in [2.45, 2.75) is 46.8 Å². The van der Waals surface area contributed by atoms with Crippen molar-refractivity contribution in [3.8, 4) is 0 Å². The van der Waals surface area contributed by atoms with Crippen LogP contribution < -0.4 is 0 Å². The minimum atomic E-state index is -0.604. The van der Waals surface area contributed by atoms with Gasteiger partial charge in [-0.1, -0.05) is 13.8 Å². The van der Waals surface area contributed by atoms with Crippen molar-refractivity contribution in [3.05, 3.63) is 35.3 Å². The van der Waals surface area contributed by atoms with Crippen LogP contribution in [0.3, 0.4) is 0 Å². The maximum Gasteiger partial charge on any atom is 0.138 e. The van der Waals surface area contributed by atoms with E-state index >= 15 is 0 Å². The molecule has 2 heterocycles. The molecule has 1 N–H and O–H groups in total. The number of aliphatic hydroxyl groups is 1. The Morgan fingerprint density at radius 1 is 1.37 bits per heavy atom. The molecule has 0 saturated carbocycles. The molecule has 0 aromatic carbocycles. The molecule has 1 atom stereocenters. The van der Waals surface area contributed by atoms with E-state index in [0.29, 0.717) is 12.3 Å². The van der Waals surface area contributed by atoms with E-state index in [4.69, 9.17) is 4.42 Å². The van der Waals surface area contributed by atoms with E-state index in [1.54, 1.807) is 0 Å². The van der Waals surface area contributed by atoms with Crippen molar-refractivity contribution in [3.63, 3.8) is 0 Å². The van der Waals surface area contributed by atoms with Crippen molar-refractivity contribution < 1.29 is 9.52 Å². The second-order valence-electron chi connectivity index (χ2n) is 5.34. The van der Waals surface area contributed by atoms with Gasteiger partial charge in [0.15, 0.2) is 0 Å². The van der Waals surface area contributed by atoms with Crippen molar-refractivity contribution in [1.82, 2.24) is 14.8 Å². The van der Waals surface area contributed by atoms with Gasteiger partial charge in [-0.15, -0.1) is 0 Å². The lowest BCUT2D eigenvalue weighted by atomic mass is 10.1. The number of aryl methyl sites for hydroxylation is 2. The lowest BCUT2D eigenvalue weighted by molar-refractivity contribution is 0.171. The van der Waals surface area contributed by atoms with E-state index < -0.39 is 6.10 Å². The number of hydrogen-bond donors (Lipinski definition) is 1. The van der Waals surface area contributed by atoms with E-state index in [1.165, 1.54) is 6.33 Å². The fraction of sp³-hybridized carbons (Fsp3) is 0.571. The van der Waals surface area contributed by atoms with Gasteiger partial charge < -0.3 is 9.52 Å². The predicted octanol–water partition coefficient (Wildman–Crippen LogP) is 2.42. The molecule has 5 heteroatoms. The van der Waals surface area contributed by atoms with E-state index in [9.17, 15) is 5.11 Å². The molecule has 0 spiro atoms. The third-order valence-corrected chi connectivity index (χ3v) is 3.05. The summed E-state index contributed by atoms with van der Waals surface area (Å²) in [7, 11) is 0. The summed E-state index contributed by atoms with van der Waals surface area (Å²) in [5.41, 5.74) is 0.830. The summed E-state index contributed by atoms with van der Waals surface area (Å²) in [5.74, 6) is 2.88. The number of rotatable bonds is 5. The van der Waals surface area contributed by atoms with E-state index in [2.05, 4.69) is 23.9 Å². The minimum absolute atomic E-state index is 0.451. The van der Waals surface area contributed by atoms with E-state index in [1.807, 2.05) is 24.6 Å². The normalized spacial score (nSPS) is 13.2. The maximum atomic E-state index is 10.3. The van der Waals surface area contributed by atoms with Crippen LogP contribution in [0.5, 0.6) is 0 Å². The number of furan rings is 1. The van der Waals surface area contributed by atoms with Gasteiger partial charge >= 0.3 is 0 Å². The van der Waals surface area contributed by atoms with Crippen LogP contribution in [0.1, 0.15) is 42.9 Å². The van der Waals surface area contributed by atoms with Gasteiger partial charge in [0.2, 0.25) is 0 Å². The summed E-state index contributed by atoms with van der Waals surface area (Å²) in [4.78, 5) is 4.23. The van der Waals surface area contributed by atoms with E-state index in [0.717, 1.165) is 29.5 Å². The third kappa shape index (κ3) is 3.23. The standard InChI is InChI=1S/C14H21N3O2/c1-9(2)7-17-14(15-8-16-17)6-13(18)12-5-10(3)19-11(12)4/h5,8-9,13,18H,6-7H2,1-4H3. The molecule has 2 aromatic heterocycles. The highest BCUT2D eigenvalue weighted by Crippen LogP contribution is 2.24. The lowest BCUT2D eigenvalue weighted by Gasteiger charge is -2.12. The number of nitrogens with zero attached hydrogens (tertiary/aromatic N) is 3. The molecule has 5 nitrogen and oxygen atoms in total. The van der Waals surface area contributed by atoms with Gasteiger partial charge in [0.1, 0.15) is 23.7 Å². The Hall–Kier alpha value is -1.62. The molecule has 0 amide bonds. The van der Waals surface area contributed by atoms with Crippen LogP contribution in [0, 0.1) is 19.8 Å². The van der Waals surface area contributed by atoms with Crippen molar-refractivity contribution in [2.24, 2.45) is 5.92 Å². The molecule has 0 fully saturated rings. The first-order valence-corrected chi connectivity index (χ1v) is 6.59. The molecule has 0 aliphatic heterocycles. The van der Waals surface area contributed by atoms with Crippen LogP contribution in [0.4, 0.5) is 0 Å². The Bertz CT molecular complexity index is 543. The maximum absolute atomic E-state index is 10.3. The van der Waals surface area contributed by atoms with Crippen LogP contribution in [0.15, 0.2) is 16.8 Å². The van der Waals surface area contributed by atoms with Gasteiger partial charge in [-0.3, -0.25) is 0 Å².